The number of amides is 1. The lowest BCUT2D eigenvalue weighted by molar-refractivity contribution is -0.122. The molecule has 3 rings (SSSR count). The fourth-order valence-electron chi connectivity index (χ4n) is 2.59. The van der Waals surface area contributed by atoms with E-state index < -0.39 is 0 Å². The summed E-state index contributed by atoms with van der Waals surface area (Å²) in [6.45, 7) is 1.76. The molecule has 0 spiro atoms. The molecule has 26 heavy (non-hydrogen) atoms. The molecule has 1 amide bonds. The number of hydrogen-bond donors (Lipinski definition) is 1. The van der Waals surface area contributed by atoms with E-state index in [1.165, 1.54) is 29.1 Å². The van der Waals surface area contributed by atoms with Crippen molar-refractivity contribution in [1.82, 2.24) is 14.9 Å². The van der Waals surface area contributed by atoms with Gasteiger partial charge in [-0.3, -0.25) is 14.2 Å². The highest BCUT2D eigenvalue weighted by Crippen LogP contribution is 2.15. The first-order chi connectivity index (χ1) is 12.5. The highest BCUT2D eigenvalue weighted by Gasteiger charge is 2.11. The van der Waals surface area contributed by atoms with E-state index in [1.54, 1.807) is 12.1 Å². The highest BCUT2D eigenvalue weighted by molar-refractivity contribution is 5.76. The number of halogens is 1. The quantitative estimate of drug-likeness (QED) is 0.769. The van der Waals surface area contributed by atoms with Gasteiger partial charge >= 0.3 is 0 Å². The standard InChI is InChI=1S/C20H18FN3O2/c1-14(15-5-3-2-4-6-15)23-19(25)12-24-13-22-18(11-20(24)26)16-7-9-17(21)10-8-16/h2-11,13-14H,12H2,1H3,(H,23,25)/t14-/m0/s1. The first-order valence-corrected chi connectivity index (χ1v) is 8.19. The second-order valence-corrected chi connectivity index (χ2v) is 5.95. The molecular weight excluding hydrogens is 333 g/mol. The van der Waals surface area contributed by atoms with E-state index in [2.05, 4.69) is 10.3 Å². The third-order valence-corrected chi connectivity index (χ3v) is 4.01. The van der Waals surface area contributed by atoms with Gasteiger partial charge in [-0.15, -0.1) is 0 Å². The van der Waals surface area contributed by atoms with Crippen LogP contribution in [0.3, 0.4) is 0 Å². The predicted octanol–water partition coefficient (Wildman–Crippen LogP) is 2.93. The zero-order chi connectivity index (χ0) is 18.5. The van der Waals surface area contributed by atoms with Crippen LogP contribution in [0.25, 0.3) is 11.3 Å². The van der Waals surface area contributed by atoms with Gasteiger partial charge in [-0.1, -0.05) is 30.3 Å². The molecular formula is C20H18FN3O2. The number of nitrogens with one attached hydrogen (secondary N) is 1. The third kappa shape index (κ3) is 4.22. The summed E-state index contributed by atoms with van der Waals surface area (Å²) in [6.07, 6.45) is 1.33. The molecule has 0 aliphatic rings. The molecule has 0 aliphatic heterocycles. The second-order valence-electron chi connectivity index (χ2n) is 5.95. The fourth-order valence-corrected chi connectivity index (χ4v) is 2.59. The highest BCUT2D eigenvalue weighted by atomic mass is 19.1. The second kappa shape index (κ2) is 7.74. The van der Waals surface area contributed by atoms with Crippen LogP contribution in [0.15, 0.2) is 71.8 Å². The Morgan fingerprint density at radius 2 is 1.85 bits per heavy atom. The Labute approximate surface area is 150 Å². The van der Waals surface area contributed by atoms with Gasteiger partial charge < -0.3 is 5.32 Å². The van der Waals surface area contributed by atoms with Gasteiger partial charge in [-0.25, -0.2) is 9.37 Å². The normalized spacial score (nSPS) is 11.8. The maximum atomic E-state index is 13.0. The lowest BCUT2D eigenvalue weighted by Crippen LogP contribution is -2.33. The topological polar surface area (TPSA) is 64.0 Å². The van der Waals surface area contributed by atoms with Crippen molar-refractivity contribution in [3.05, 3.63) is 88.7 Å². The average molecular weight is 351 g/mol. The summed E-state index contributed by atoms with van der Waals surface area (Å²) in [4.78, 5) is 28.6. The summed E-state index contributed by atoms with van der Waals surface area (Å²) >= 11 is 0. The van der Waals surface area contributed by atoms with Crippen molar-refractivity contribution in [3.63, 3.8) is 0 Å². The molecule has 3 aromatic rings. The van der Waals surface area contributed by atoms with Crippen molar-refractivity contribution >= 4 is 5.91 Å². The van der Waals surface area contributed by atoms with Crippen LogP contribution in [0, 0.1) is 5.82 Å². The maximum Gasteiger partial charge on any atom is 0.254 e. The van der Waals surface area contributed by atoms with E-state index in [1.807, 2.05) is 37.3 Å². The number of carbonyl (C=O) groups is 1. The van der Waals surface area contributed by atoms with Gasteiger partial charge in [-0.2, -0.15) is 0 Å². The molecule has 0 aliphatic carbocycles. The lowest BCUT2D eigenvalue weighted by atomic mass is 10.1. The molecule has 6 heteroatoms. The molecule has 0 saturated heterocycles. The first-order valence-electron chi connectivity index (χ1n) is 8.19. The van der Waals surface area contributed by atoms with Gasteiger partial charge in [-0.05, 0) is 36.8 Å². The summed E-state index contributed by atoms with van der Waals surface area (Å²) in [7, 11) is 0. The molecule has 1 atom stereocenters. The van der Waals surface area contributed by atoms with Crippen LogP contribution in [-0.4, -0.2) is 15.5 Å². The number of aromatic nitrogens is 2. The molecule has 0 radical (unpaired) electrons. The van der Waals surface area contributed by atoms with Gasteiger partial charge in [0.2, 0.25) is 5.91 Å². The Morgan fingerprint density at radius 1 is 1.15 bits per heavy atom. The average Bonchev–Trinajstić information content (AvgIpc) is 2.64. The van der Waals surface area contributed by atoms with Crippen molar-refractivity contribution in [3.8, 4) is 11.3 Å². The summed E-state index contributed by atoms with van der Waals surface area (Å²) < 4.78 is 14.2. The third-order valence-electron chi connectivity index (χ3n) is 4.01. The first kappa shape index (κ1) is 17.5. The number of carbonyl (C=O) groups excluding carboxylic acids is 1. The summed E-state index contributed by atoms with van der Waals surface area (Å²) in [5.41, 5.74) is 1.71. The zero-order valence-electron chi connectivity index (χ0n) is 14.2. The minimum Gasteiger partial charge on any atom is -0.348 e. The largest absolute Gasteiger partial charge is 0.348 e. The molecule has 2 aromatic carbocycles. The van der Waals surface area contributed by atoms with Gasteiger partial charge in [0.15, 0.2) is 0 Å². The van der Waals surface area contributed by atoms with Crippen LogP contribution in [0.2, 0.25) is 0 Å². The predicted molar refractivity (Wildman–Crippen MR) is 96.9 cm³/mol. The number of rotatable bonds is 5. The van der Waals surface area contributed by atoms with Crippen LogP contribution >= 0.6 is 0 Å². The zero-order valence-corrected chi connectivity index (χ0v) is 14.2. The molecule has 0 bridgehead atoms. The summed E-state index contributed by atoms with van der Waals surface area (Å²) in [5.74, 6) is -0.633. The SMILES string of the molecule is C[C@H](NC(=O)Cn1cnc(-c2ccc(F)cc2)cc1=O)c1ccccc1. The van der Waals surface area contributed by atoms with E-state index >= 15 is 0 Å². The Bertz CT molecular complexity index is 953. The number of hydrogen-bond acceptors (Lipinski definition) is 3. The molecule has 0 unspecified atom stereocenters. The minimum atomic E-state index is -0.355. The molecule has 1 N–H and O–H groups in total. The monoisotopic (exact) mass is 351 g/mol. The van der Waals surface area contributed by atoms with Gasteiger partial charge in [0.25, 0.3) is 5.56 Å². The molecule has 0 fully saturated rings. The number of nitrogens with zero attached hydrogens (tertiary/aromatic N) is 2. The van der Waals surface area contributed by atoms with E-state index in [0.29, 0.717) is 11.3 Å². The maximum absolute atomic E-state index is 13.0. The van der Waals surface area contributed by atoms with Crippen molar-refractivity contribution in [2.45, 2.75) is 19.5 Å². The van der Waals surface area contributed by atoms with Crippen LogP contribution < -0.4 is 10.9 Å². The Hall–Kier alpha value is -3.28. The molecule has 0 saturated carbocycles. The van der Waals surface area contributed by atoms with Gasteiger partial charge in [0.05, 0.1) is 18.1 Å². The van der Waals surface area contributed by atoms with E-state index in [4.69, 9.17) is 0 Å². The van der Waals surface area contributed by atoms with Gasteiger partial charge in [0.1, 0.15) is 12.4 Å². The smallest absolute Gasteiger partial charge is 0.254 e. The molecule has 1 aromatic heterocycles. The number of benzene rings is 2. The summed E-state index contributed by atoms with van der Waals surface area (Å²) in [5, 5.41) is 2.86. The molecule has 5 nitrogen and oxygen atoms in total. The van der Waals surface area contributed by atoms with Crippen LogP contribution in [0.1, 0.15) is 18.5 Å². The van der Waals surface area contributed by atoms with Crippen molar-refractivity contribution in [2.75, 3.05) is 0 Å². The van der Waals surface area contributed by atoms with Crippen LogP contribution in [0.4, 0.5) is 4.39 Å². The Kier molecular flexibility index (Phi) is 5.22. The summed E-state index contributed by atoms with van der Waals surface area (Å²) in [6, 6.07) is 16.5. The van der Waals surface area contributed by atoms with E-state index in [-0.39, 0.29) is 29.9 Å². The fraction of sp³-hybridized carbons (Fsp3) is 0.150. The molecule has 132 valence electrons. The van der Waals surface area contributed by atoms with E-state index in [9.17, 15) is 14.0 Å². The lowest BCUT2D eigenvalue weighted by Gasteiger charge is -2.14. The minimum absolute atomic E-state index is 0.118. The Morgan fingerprint density at radius 3 is 2.50 bits per heavy atom. The van der Waals surface area contributed by atoms with Crippen molar-refractivity contribution < 1.29 is 9.18 Å². The van der Waals surface area contributed by atoms with Crippen LogP contribution in [-0.2, 0) is 11.3 Å². The van der Waals surface area contributed by atoms with E-state index in [0.717, 1.165) is 5.56 Å². The van der Waals surface area contributed by atoms with Gasteiger partial charge in [0, 0.05) is 11.6 Å². The van der Waals surface area contributed by atoms with Crippen LogP contribution in [0.5, 0.6) is 0 Å². The Balaban J connectivity index is 1.69. The molecule has 1 heterocycles. The van der Waals surface area contributed by atoms with Crippen molar-refractivity contribution in [1.29, 1.82) is 0 Å². The van der Waals surface area contributed by atoms with Crippen molar-refractivity contribution in [2.24, 2.45) is 0 Å².